The highest BCUT2D eigenvalue weighted by Gasteiger charge is 2.09. The van der Waals surface area contributed by atoms with Crippen LogP contribution < -0.4 is 15.4 Å². The molecule has 2 rings (SSSR count). The molecule has 0 aromatic heterocycles. The van der Waals surface area contributed by atoms with Gasteiger partial charge in [0, 0.05) is 12.1 Å². The monoisotopic (exact) mass is 312 g/mol. The molecule has 0 aliphatic heterocycles. The van der Waals surface area contributed by atoms with Crippen LogP contribution >= 0.6 is 0 Å². The summed E-state index contributed by atoms with van der Waals surface area (Å²) in [6, 6.07) is 15.7. The third-order valence-electron chi connectivity index (χ3n) is 3.74. The highest BCUT2D eigenvalue weighted by Crippen LogP contribution is 2.13. The molecule has 0 aliphatic carbocycles. The molecule has 0 bridgehead atoms. The zero-order valence-corrected chi connectivity index (χ0v) is 13.8. The van der Waals surface area contributed by atoms with Crippen molar-refractivity contribution in [2.24, 2.45) is 0 Å². The van der Waals surface area contributed by atoms with Gasteiger partial charge in [0.1, 0.15) is 5.75 Å². The number of benzene rings is 2. The van der Waals surface area contributed by atoms with Crippen molar-refractivity contribution in [2.45, 2.75) is 12.8 Å². The molecule has 4 heteroatoms. The van der Waals surface area contributed by atoms with E-state index in [1.807, 2.05) is 55.6 Å². The van der Waals surface area contributed by atoms with Crippen molar-refractivity contribution in [2.75, 3.05) is 27.2 Å². The van der Waals surface area contributed by atoms with Crippen LogP contribution in [-0.4, -0.2) is 33.2 Å². The van der Waals surface area contributed by atoms with Gasteiger partial charge < -0.3 is 15.4 Å². The van der Waals surface area contributed by atoms with E-state index in [1.165, 1.54) is 0 Å². The molecule has 0 heterocycles. The molecule has 0 spiro atoms. The SMILES string of the molecule is CNCCc1ccccc1C(=O)NCCc1cccc(OC)c1. The molecule has 0 radical (unpaired) electrons. The fourth-order valence-electron chi connectivity index (χ4n) is 2.46. The third-order valence-corrected chi connectivity index (χ3v) is 3.74. The lowest BCUT2D eigenvalue weighted by molar-refractivity contribution is 0.0953. The van der Waals surface area contributed by atoms with Crippen molar-refractivity contribution in [1.29, 1.82) is 0 Å². The van der Waals surface area contributed by atoms with E-state index in [0.717, 1.165) is 41.8 Å². The Morgan fingerprint density at radius 2 is 1.87 bits per heavy atom. The molecule has 0 fully saturated rings. The first kappa shape index (κ1) is 17.0. The van der Waals surface area contributed by atoms with Crippen LogP contribution in [0.4, 0.5) is 0 Å². The lowest BCUT2D eigenvalue weighted by atomic mass is 10.0. The second-order valence-electron chi connectivity index (χ2n) is 5.37. The first-order valence-corrected chi connectivity index (χ1v) is 7.88. The van der Waals surface area contributed by atoms with E-state index in [-0.39, 0.29) is 5.91 Å². The Bertz CT molecular complexity index is 641. The van der Waals surface area contributed by atoms with E-state index in [0.29, 0.717) is 6.54 Å². The maximum Gasteiger partial charge on any atom is 0.251 e. The number of ether oxygens (including phenoxy) is 1. The van der Waals surface area contributed by atoms with Gasteiger partial charge in [0.15, 0.2) is 0 Å². The summed E-state index contributed by atoms with van der Waals surface area (Å²) in [7, 11) is 3.57. The van der Waals surface area contributed by atoms with Crippen molar-refractivity contribution >= 4 is 5.91 Å². The molecular formula is C19H24N2O2. The molecule has 2 aromatic rings. The van der Waals surface area contributed by atoms with Crippen molar-refractivity contribution in [1.82, 2.24) is 10.6 Å². The van der Waals surface area contributed by atoms with E-state index >= 15 is 0 Å². The molecule has 0 saturated heterocycles. The van der Waals surface area contributed by atoms with Crippen molar-refractivity contribution in [3.63, 3.8) is 0 Å². The molecule has 0 atom stereocenters. The summed E-state index contributed by atoms with van der Waals surface area (Å²) in [5, 5.41) is 6.12. The zero-order chi connectivity index (χ0) is 16.5. The maximum atomic E-state index is 12.4. The standard InChI is InChI=1S/C19H24N2O2/c1-20-12-11-16-7-3-4-9-18(16)19(22)21-13-10-15-6-5-8-17(14-15)23-2/h3-9,14,20H,10-13H2,1-2H3,(H,21,22). The Balaban J connectivity index is 1.92. The van der Waals surface area contributed by atoms with E-state index in [1.54, 1.807) is 7.11 Å². The molecule has 0 unspecified atom stereocenters. The van der Waals surface area contributed by atoms with E-state index in [4.69, 9.17) is 4.74 Å². The van der Waals surface area contributed by atoms with E-state index < -0.39 is 0 Å². The first-order valence-electron chi connectivity index (χ1n) is 7.88. The summed E-state index contributed by atoms with van der Waals surface area (Å²) < 4.78 is 5.21. The number of hydrogen-bond donors (Lipinski definition) is 2. The third kappa shape index (κ3) is 5.11. The number of nitrogens with one attached hydrogen (secondary N) is 2. The minimum Gasteiger partial charge on any atom is -0.497 e. The fraction of sp³-hybridized carbons (Fsp3) is 0.316. The lowest BCUT2D eigenvalue weighted by Gasteiger charge is -2.10. The van der Waals surface area contributed by atoms with Gasteiger partial charge in [-0.25, -0.2) is 0 Å². The molecule has 23 heavy (non-hydrogen) atoms. The number of methoxy groups -OCH3 is 1. The van der Waals surface area contributed by atoms with Crippen LogP contribution in [0.15, 0.2) is 48.5 Å². The highest BCUT2D eigenvalue weighted by atomic mass is 16.5. The van der Waals surface area contributed by atoms with Gasteiger partial charge in [-0.3, -0.25) is 4.79 Å². The normalized spacial score (nSPS) is 10.3. The predicted octanol–water partition coefficient (Wildman–Crippen LogP) is 2.43. The van der Waals surface area contributed by atoms with Crippen LogP contribution in [0.3, 0.4) is 0 Å². The number of carbonyl (C=O) groups excluding carboxylic acids is 1. The van der Waals surface area contributed by atoms with Crippen LogP contribution in [0.1, 0.15) is 21.5 Å². The Hall–Kier alpha value is -2.33. The summed E-state index contributed by atoms with van der Waals surface area (Å²) in [4.78, 5) is 12.4. The topological polar surface area (TPSA) is 50.4 Å². The van der Waals surface area contributed by atoms with Gasteiger partial charge in [0.05, 0.1) is 7.11 Å². The smallest absolute Gasteiger partial charge is 0.251 e. The largest absolute Gasteiger partial charge is 0.497 e. The van der Waals surface area contributed by atoms with Crippen LogP contribution in [0.2, 0.25) is 0 Å². The van der Waals surface area contributed by atoms with Crippen LogP contribution in [-0.2, 0) is 12.8 Å². The summed E-state index contributed by atoms with van der Waals surface area (Å²) in [5.41, 5.74) is 2.97. The maximum absolute atomic E-state index is 12.4. The average molecular weight is 312 g/mol. The molecule has 122 valence electrons. The predicted molar refractivity (Wildman–Crippen MR) is 93.1 cm³/mol. The van der Waals surface area contributed by atoms with Crippen molar-refractivity contribution < 1.29 is 9.53 Å². The number of amides is 1. The zero-order valence-electron chi connectivity index (χ0n) is 13.8. The second kappa shape index (κ2) is 8.96. The molecular weight excluding hydrogens is 288 g/mol. The minimum atomic E-state index is -0.0143. The molecule has 2 aromatic carbocycles. The average Bonchev–Trinajstić information content (AvgIpc) is 2.60. The van der Waals surface area contributed by atoms with Gasteiger partial charge in [-0.2, -0.15) is 0 Å². The molecule has 0 saturated carbocycles. The Morgan fingerprint density at radius 3 is 2.65 bits per heavy atom. The fourth-order valence-corrected chi connectivity index (χ4v) is 2.46. The molecule has 2 N–H and O–H groups in total. The number of hydrogen-bond acceptors (Lipinski definition) is 3. The van der Waals surface area contributed by atoms with E-state index in [2.05, 4.69) is 10.6 Å². The first-order chi connectivity index (χ1) is 11.2. The summed E-state index contributed by atoms with van der Waals surface area (Å²) >= 11 is 0. The summed E-state index contributed by atoms with van der Waals surface area (Å²) in [6.45, 7) is 1.46. The Morgan fingerprint density at radius 1 is 1.04 bits per heavy atom. The van der Waals surface area contributed by atoms with Crippen LogP contribution in [0, 0.1) is 0 Å². The van der Waals surface area contributed by atoms with Crippen molar-refractivity contribution in [3.05, 3.63) is 65.2 Å². The van der Waals surface area contributed by atoms with Crippen LogP contribution in [0.25, 0.3) is 0 Å². The molecule has 0 aliphatic rings. The number of carbonyl (C=O) groups is 1. The highest BCUT2D eigenvalue weighted by molar-refractivity contribution is 5.95. The van der Waals surface area contributed by atoms with Gasteiger partial charge in [-0.05, 0) is 55.8 Å². The summed E-state index contributed by atoms with van der Waals surface area (Å²) in [6.07, 6.45) is 1.62. The summed E-state index contributed by atoms with van der Waals surface area (Å²) in [5.74, 6) is 0.825. The Labute approximate surface area is 137 Å². The van der Waals surface area contributed by atoms with Gasteiger partial charge >= 0.3 is 0 Å². The Kier molecular flexibility index (Phi) is 6.63. The number of rotatable bonds is 8. The van der Waals surface area contributed by atoms with E-state index in [9.17, 15) is 4.79 Å². The lowest BCUT2D eigenvalue weighted by Crippen LogP contribution is -2.27. The van der Waals surface area contributed by atoms with Crippen molar-refractivity contribution in [3.8, 4) is 5.75 Å². The molecule has 1 amide bonds. The minimum absolute atomic E-state index is 0.0143. The molecule has 4 nitrogen and oxygen atoms in total. The van der Waals surface area contributed by atoms with Crippen LogP contribution in [0.5, 0.6) is 5.75 Å². The second-order valence-corrected chi connectivity index (χ2v) is 5.37. The van der Waals surface area contributed by atoms with Gasteiger partial charge in [0.2, 0.25) is 0 Å². The van der Waals surface area contributed by atoms with Gasteiger partial charge in [0.25, 0.3) is 5.91 Å². The quantitative estimate of drug-likeness (QED) is 0.787. The number of likely N-dealkylation sites (N-methyl/N-ethyl adjacent to an activating group) is 1. The van der Waals surface area contributed by atoms with Gasteiger partial charge in [-0.1, -0.05) is 30.3 Å². The van der Waals surface area contributed by atoms with Gasteiger partial charge in [-0.15, -0.1) is 0 Å².